The first-order chi connectivity index (χ1) is 8.79. The van der Waals surface area contributed by atoms with Gasteiger partial charge in [-0.2, -0.15) is 0 Å². The molecule has 100 valence electrons. The summed E-state index contributed by atoms with van der Waals surface area (Å²) in [6.07, 6.45) is 1.16. The summed E-state index contributed by atoms with van der Waals surface area (Å²) in [6, 6.07) is 7.48. The van der Waals surface area contributed by atoms with E-state index >= 15 is 0 Å². The van der Waals surface area contributed by atoms with Gasteiger partial charge in [-0.3, -0.25) is 0 Å². The quantitative estimate of drug-likeness (QED) is 0.791. The van der Waals surface area contributed by atoms with Crippen LogP contribution in [0.4, 0.5) is 0 Å². The number of benzene rings is 1. The van der Waals surface area contributed by atoms with Crippen molar-refractivity contribution in [2.24, 2.45) is 0 Å². The minimum atomic E-state index is -3.33. The summed E-state index contributed by atoms with van der Waals surface area (Å²) < 4.78 is 23.3. The van der Waals surface area contributed by atoms with Crippen LogP contribution in [-0.2, 0) is 9.84 Å². The maximum atomic E-state index is 11.6. The Hall–Kier alpha value is -1.75. The highest BCUT2D eigenvalue weighted by atomic mass is 32.2. The normalized spacial score (nSPS) is 11.6. The van der Waals surface area contributed by atoms with Crippen molar-refractivity contribution in [3.63, 3.8) is 0 Å². The lowest BCUT2D eigenvalue weighted by Crippen LogP contribution is -2.05. The molecule has 2 rings (SSSR count). The van der Waals surface area contributed by atoms with Gasteiger partial charge in [0.05, 0.1) is 5.69 Å². The van der Waals surface area contributed by atoms with Gasteiger partial charge >= 0.3 is 0 Å². The summed E-state index contributed by atoms with van der Waals surface area (Å²) in [6.45, 7) is 5.67. The Bertz CT molecular complexity index is 717. The molecule has 0 saturated carbocycles. The first kappa shape index (κ1) is 13.7. The van der Waals surface area contributed by atoms with Crippen molar-refractivity contribution in [1.29, 1.82) is 0 Å². The molecular formula is C14H16N2O2S. The minimum absolute atomic E-state index is 0.0673. The third-order valence-electron chi connectivity index (χ3n) is 2.93. The lowest BCUT2D eigenvalue weighted by Gasteiger charge is -2.10. The van der Waals surface area contributed by atoms with Crippen LogP contribution >= 0.6 is 0 Å². The second-order valence-electron chi connectivity index (χ2n) is 4.68. The van der Waals surface area contributed by atoms with Crippen LogP contribution in [0.15, 0.2) is 29.3 Å². The summed E-state index contributed by atoms with van der Waals surface area (Å²) >= 11 is 0. The average molecular weight is 276 g/mol. The van der Waals surface area contributed by atoms with Crippen LogP contribution in [-0.4, -0.2) is 24.6 Å². The highest BCUT2D eigenvalue weighted by Gasteiger charge is 2.14. The second kappa shape index (κ2) is 4.74. The average Bonchev–Trinajstić information content (AvgIpc) is 2.26. The third kappa shape index (κ3) is 2.81. The molecule has 5 heteroatoms. The smallest absolute Gasteiger partial charge is 0.192 e. The van der Waals surface area contributed by atoms with Crippen molar-refractivity contribution in [1.82, 2.24) is 9.97 Å². The van der Waals surface area contributed by atoms with E-state index < -0.39 is 9.84 Å². The molecule has 2 aromatic rings. The van der Waals surface area contributed by atoms with Gasteiger partial charge in [0.25, 0.3) is 0 Å². The molecule has 0 aliphatic carbocycles. The number of hydrogen-bond acceptors (Lipinski definition) is 4. The molecule has 1 aromatic heterocycles. The molecule has 0 aliphatic heterocycles. The fourth-order valence-electron chi connectivity index (χ4n) is 2.08. The molecule has 0 bridgehead atoms. The fourth-order valence-corrected chi connectivity index (χ4v) is 2.70. The van der Waals surface area contributed by atoms with Crippen LogP contribution in [0, 0.1) is 20.8 Å². The summed E-state index contributed by atoms with van der Waals surface area (Å²) in [7, 11) is -3.33. The van der Waals surface area contributed by atoms with E-state index in [0.29, 0.717) is 11.5 Å². The molecule has 0 aliphatic rings. The van der Waals surface area contributed by atoms with Crippen LogP contribution in [0.5, 0.6) is 0 Å². The van der Waals surface area contributed by atoms with E-state index in [1.807, 2.05) is 32.0 Å². The molecule has 0 N–H and O–H groups in total. The summed E-state index contributed by atoms with van der Waals surface area (Å²) in [5, 5.41) is 0.0673. The van der Waals surface area contributed by atoms with E-state index in [0.717, 1.165) is 22.9 Å². The molecule has 4 nitrogen and oxygen atoms in total. The van der Waals surface area contributed by atoms with E-state index in [9.17, 15) is 8.42 Å². The van der Waals surface area contributed by atoms with Gasteiger partial charge in [-0.25, -0.2) is 18.4 Å². The predicted octanol–water partition coefficient (Wildman–Crippen LogP) is 2.47. The molecule has 0 radical (unpaired) electrons. The topological polar surface area (TPSA) is 59.9 Å². The molecule has 19 heavy (non-hydrogen) atoms. The van der Waals surface area contributed by atoms with Crippen molar-refractivity contribution < 1.29 is 8.42 Å². The molecule has 1 heterocycles. The van der Waals surface area contributed by atoms with Crippen LogP contribution < -0.4 is 0 Å². The van der Waals surface area contributed by atoms with Crippen molar-refractivity contribution in [2.45, 2.75) is 25.8 Å². The number of hydrogen-bond donors (Lipinski definition) is 0. The number of nitrogens with zero attached hydrogens (tertiary/aromatic N) is 2. The largest absolute Gasteiger partial charge is 0.233 e. The monoisotopic (exact) mass is 276 g/mol. The zero-order valence-corrected chi connectivity index (χ0v) is 12.2. The molecule has 0 atom stereocenters. The van der Waals surface area contributed by atoms with Crippen molar-refractivity contribution in [2.75, 3.05) is 6.26 Å². The van der Waals surface area contributed by atoms with Gasteiger partial charge in [0, 0.05) is 17.9 Å². The van der Waals surface area contributed by atoms with E-state index in [1.54, 1.807) is 6.92 Å². The van der Waals surface area contributed by atoms with Crippen LogP contribution in [0.25, 0.3) is 11.3 Å². The molecule has 0 fully saturated rings. The van der Waals surface area contributed by atoms with Crippen LogP contribution in [0.3, 0.4) is 0 Å². The maximum absolute atomic E-state index is 11.6. The number of rotatable bonds is 2. The van der Waals surface area contributed by atoms with E-state index in [-0.39, 0.29) is 5.03 Å². The molecule has 0 saturated heterocycles. The predicted molar refractivity (Wildman–Crippen MR) is 74.8 cm³/mol. The standard InChI is InChI=1S/C14H16N2O2S/c1-9-6-5-7-10(2)14(9)12-8-13(19(4,17)18)16-11(3)15-12/h5-8H,1-4H3. The number of aromatic nitrogens is 2. The Kier molecular flexibility index (Phi) is 3.41. The molecule has 0 unspecified atom stereocenters. The van der Waals surface area contributed by atoms with Gasteiger partial charge in [0.15, 0.2) is 14.9 Å². The number of sulfone groups is 1. The Balaban J connectivity index is 2.74. The molecule has 0 spiro atoms. The zero-order chi connectivity index (χ0) is 14.2. The van der Waals surface area contributed by atoms with E-state index in [4.69, 9.17) is 0 Å². The lowest BCUT2D eigenvalue weighted by atomic mass is 10.00. The first-order valence-corrected chi connectivity index (χ1v) is 7.80. The van der Waals surface area contributed by atoms with E-state index in [1.165, 1.54) is 6.07 Å². The number of aryl methyl sites for hydroxylation is 3. The van der Waals surface area contributed by atoms with Crippen LogP contribution in [0.2, 0.25) is 0 Å². The summed E-state index contributed by atoms with van der Waals surface area (Å²) in [4.78, 5) is 8.35. The Morgan fingerprint density at radius 1 is 1.00 bits per heavy atom. The summed E-state index contributed by atoms with van der Waals surface area (Å²) in [5.41, 5.74) is 3.76. The highest BCUT2D eigenvalue weighted by Crippen LogP contribution is 2.26. The van der Waals surface area contributed by atoms with Gasteiger partial charge in [0.1, 0.15) is 5.82 Å². The minimum Gasteiger partial charge on any atom is -0.233 e. The van der Waals surface area contributed by atoms with Gasteiger partial charge in [0.2, 0.25) is 0 Å². The Morgan fingerprint density at radius 2 is 1.58 bits per heavy atom. The molecule has 0 amide bonds. The van der Waals surface area contributed by atoms with Crippen molar-refractivity contribution in [3.05, 3.63) is 41.2 Å². The molecule has 1 aromatic carbocycles. The van der Waals surface area contributed by atoms with Crippen LogP contribution in [0.1, 0.15) is 17.0 Å². The van der Waals surface area contributed by atoms with Crippen molar-refractivity contribution in [3.8, 4) is 11.3 Å². The third-order valence-corrected chi connectivity index (χ3v) is 3.90. The second-order valence-corrected chi connectivity index (χ2v) is 6.64. The Morgan fingerprint density at radius 3 is 2.11 bits per heavy atom. The zero-order valence-electron chi connectivity index (χ0n) is 11.4. The fraction of sp³-hybridized carbons (Fsp3) is 0.286. The lowest BCUT2D eigenvalue weighted by molar-refractivity contribution is 0.597. The molecular weight excluding hydrogens is 260 g/mol. The van der Waals surface area contributed by atoms with Gasteiger partial charge in [-0.15, -0.1) is 0 Å². The maximum Gasteiger partial charge on any atom is 0.192 e. The highest BCUT2D eigenvalue weighted by molar-refractivity contribution is 7.90. The SMILES string of the molecule is Cc1nc(-c2c(C)cccc2C)cc(S(C)(=O)=O)n1. The van der Waals surface area contributed by atoms with Crippen molar-refractivity contribution >= 4 is 9.84 Å². The van der Waals surface area contributed by atoms with Gasteiger partial charge < -0.3 is 0 Å². The van der Waals surface area contributed by atoms with E-state index in [2.05, 4.69) is 9.97 Å². The first-order valence-electron chi connectivity index (χ1n) is 5.91. The van der Waals surface area contributed by atoms with Gasteiger partial charge in [-0.05, 0) is 31.9 Å². The Labute approximate surface area is 113 Å². The van der Waals surface area contributed by atoms with Gasteiger partial charge in [-0.1, -0.05) is 18.2 Å². The summed E-state index contributed by atoms with van der Waals surface area (Å²) in [5.74, 6) is 0.459.